The number of nitrogens with one attached hydrogen (secondary N) is 3. The largest absolute Gasteiger partial charge is 0.382 e. The molecular formula is C20H17FN6. The van der Waals surface area contributed by atoms with Crippen molar-refractivity contribution in [3.05, 3.63) is 59.6 Å². The van der Waals surface area contributed by atoms with E-state index < -0.39 is 0 Å². The lowest BCUT2D eigenvalue weighted by molar-refractivity contribution is 0.423. The highest BCUT2D eigenvalue weighted by Crippen LogP contribution is 2.52. The summed E-state index contributed by atoms with van der Waals surface area (Å²) in [5.74, 6) is 0.687. The van der Waals surface area contributed by atoms with E-state index in [1.165, 1.54) is 6.07 Å². The number of aromatic nitrogens is 4. The highest BCUT2D eigenvalue weighted by molar-refractivity contribution is 5.91. The lowest BCUT2D eigenvalue weighted by Crippen LogP contribution is -2.29. The maximum absolute atomic E-state index is 14.9. The molecule has 0 fully saturated rings. The standard InChI is InChI=1S/C20H17FN6/c21-14-7-16-13(8-23-25-16)17-10-2-1-3-11(10)18(24-19(14)17)9-4-5-15-12(6-9)20(22)27-26-15/h1-2,4-8,10-11,18,24H,3H2,(H,23,25)(H3,22,26,27)/t10?,11?,18-/m0/s1. The van der Waals surface area contributed by atoms with Gasteiger partial charge in [0.1, 0.15) is 5.82 Å². The maximum Gasteiger partial charge on any atom is 0.153 e. The molecule has 6 rings (SSSR count). The maximum atomic E-state index is 14.9. The van der Waals surface area contributed by atoms with Crippen molar-refractivity contribution in [3.63, 3.8) is 0 Å². The predicted octanol–water partition coefficient (Wildman–Crippen LogP) is 3.99. The molecule has 134 valence electrons. The molecule has 1 aliphatic carbocycles. The monoisotopic (exact) mass is 360 g/mol. The van der Waals surface area contributed by atoms with Gasteiger partial charge in [-0.2, -0.15) is 10.2 Å². The van der Waals surface area contributed by atoms with Crippen LogP contribution in [0.25, 0.3) is 21.8 Å². The van der Waals surface area contributed by atoms with Crippen LogP contribution in [0.3, 0.4) is 0 Å². The number of benzene rings is 2. The molecule has 6 nitrogen and oxygen atoms in total. The fraction of sp³-hybridized carbons (Fsp3) is 0.200. The van der Waals surface area contributed by atoms with Crippen LogP contribution in [0.1, 0.15) is 29.5 Å². The van der Waals surface area contributed by atoms with Gasteiger partial charge in [0.25, 0.3) is 0 Å². The van der Waals surface area contributed by atoms with Gasteiger partial charge in [0.2, 0.25) is 0 Å². The van der Waals surface area contributed by atoms with E-state index in [0.29, 0.717) is 17.4 Å². The highest BCUT2D eigenvalue weighted by atomic mass is 19.1. The van der Waals surface area contributed by atoms with Crippen LogP contribution in [0.15, 0.2) is 42.6 Å². The molecule has 0 bridgehead atoms. The summed E-state index contributed by atoms with van der Waals surface area (Å²) in [5, 5.41) is 19.4. The van der Waals surface area contributed by atoms with E-state index in [1.54, 1.807) is 6.20 Å². The van der Waals surface area contributed by atoms with E-state index in [4.69, 9.17) is 5.73 Å². The number of nitrogens with zero attached hydrogens (tertiary/aromatic N) is 2. The molecule has 2 aromatic carbocycles. The van der Waals surface area contributed by atoms with E-state index in [1.807, 2.05) is 6.07 Å². The van der Waals surface area contributed by atoms with Gasteiger partial charge in [-0.1, -0.05) is 18.2 Å². The van der Waals surface area contributed by atoms with Crippen LogP contribution in [0.2, 0.25) is 0 Å². The van der Waals surface area contributed by atoms with Gasteiger partial charge in [-0.15, -0.1) is 0 Å². The normalized spacial score (nSPS) is 23.5. The van der Waals surface area contributed by atoms with Crippen LogP contribution >= 0.6 is 0 Å². The summed E-state index contributed by atoms with van der Waals surface area (Å²) < 4.78 is 14.9. The van der Waals surface area contributed by atoms with Crippen molar-refractivity contribution in [3.8, 4) is 0 Å². The van der Waals surface area contributed by atoms with Gasteiger partial charge in [-0.05, 0) is 35.6 Å². The number of fused-ring (bicyclic) bond motifs is 6. The predicted molar refractivity (Wildman–Crippen MR) is 103 cm³/mol. The van der Waals surface area contributed by atoms with Crippen molar-refractivity contribution in [2.24, 2.45) is 5.92 Å². The zero-order chi connectivity index (χ0) is 18.1. The first-order valence-electron chi connectivity index (χ1n) is 9.03. The third-order valence-electron chi connectivity index (χ3n) is 5.99. The molecule has 0 radical (unpaired) electrons. The van der Waals surface area contributed by atoms with E-state index >= 15 is 0 Å². The molecule has 2 unspecified atom stereocenters. The van der Waals surface area contributed by atoms with Gasteiger partial charge in [0, 0.05) is 22.8 Å². The molecule has 2 aromatic heterocycles. The van der Waals surface area contributed by atoms with E-state index in [-0.39, 0.29) is 17.8 Å². The molecule has 0 amide bonds. The Kier molecular flexibility index (Phi) is 2.79. The first-order chi connectivity index (χ1) is 13.2. The smallest absolute Gasteiger partial charge is 0.153 e. The molecule has 7 heteroatoms. The van der Waals surface area contributed by atoms with E-state index in [0.717, 1.165) is 39.4 Å². The third kappa shape index (κ3) is 1.94. The number of allylic oxidation sites excluding steroid dienone is 2. The van der Waals surface area contributed by atoms with Crippen LogP contribution in [-0.2, 0) is 0 Å². The number of hydrogen-bond acceptors (Lipinski definition) is 4. The highest BCUT2D eigenvalue weighted by Gasteiger charge is 2.40. The minimum Gasteiger partial charge on any atom is -0.382 e. The quantitative estimate of drug-likeness (QED) is 0.386. The summed E-state index contributed by atoms with van der Waals surface area (Å²) in [6, 6.07) is 7.61. The average molecular weight is 360 g/mol. The average Bonchev–Trinajstić information content (AvgIpc) is 3.40. The van der Waals surface area contributed by atoms with Crippen LogP contribution in [0.5, 0.6) is 0 Å². The zero-order valence-electron chi connectivity index (χ0n) is 14.3. The summed E-state index contributed by atoms with van der Waals surface area (Å²) in [6.07, 6.45) is 7.13. The fourth-order valence-corrected chi connectivity index (χ4v) is 4.74. The molecule has 3 atom stereocenters. The fourth-order valence-electron chi connectivity index (χ4n) is 4.74. The topological polar surface area (TPSA) is 95.4 Å². The van der Waals surface area contributed by atoms with Crippen molar-refractivity contribution in [2.75, 3.05) is 11.1 Å². The van der Waals surface area contributed by atoms with Gasteiger partial charge in [-0.25, -0.2) is 4.39 Å². The first kappa shape index (κ1) is 14.8. The first-order valence-corrected chi connectivity index (χ1v) is 9.03. The molecule has 5 N–H and O–H groups in total. The molecule has 0 spiro atoms. The molecule has 0 saturated carbocycles. The zero-order valence-corrected chi connectivity index (χ0v) is 14.3. The minimum absolute atomic E-state index is 0.00458. The third-order valence-corrected chi connectivity index (χ3v) is 5.99. The van der Waals surface area contributed by atoms with Gasteiger partial charge in [-0.3, -0.25) is 10.2 Å². The van der Waals surface area contributed by atoms with Crippen molar-refractivity contribution in [1.29, 1.82) is 0 Å². The Bertz CT molecular complexity index is 1240. The van der Waals surface area contributed by atoms with Crippen LogP contribution in [-0.4, -0.2) is 20.4 Å². The van der Waals surface area contributed by atoms with Crippen LogP contribution < -0.4 is 11.1 Å². The lowest BCUT2D eigenvalue weighted by atomic mass is 9.76. The molecule has 27 heavy (non-hydrogen) atoms. The molecule has 0 saturated heterocycles. The number of H-pyrrole nitrogens is 2. The van der Waals surface area contributed by atoms with Gasteiger partial charge in [0.05, 0.1) is 29.0 Å². The van der Waals surface area contributed by atoms with Gasteiger partial charge in [0.15, 0.2) is 5.82 Å². The number of aromatic amines is 2. The number of nitrogen functional groups attached to an aromatic ring is 1. The molecular weight excluding hydrogens is 343 g/mol. The second kappa shape index (κ2) is 5.09. The van der Waals surface area contributed by atoms with Gasteiger partial charge >= 0.3 is 0 Å². The minimum atomic E-state index is -0.255. The Morgan fingerprint density at radius 2 is 2.04 bits per heavy atom. The molecule has 1 aliphatic heterocycles. The van der Waals surface area contributed by atoms with Gasteiger partial charge < -0.3 is 11.1 Å². The molecule has 2 aliphatic rings. The summed E-state index contributed by atoms with van der Waals surface area (Å²) in [7, 11) is 0. The second-order valence-corrected chi connectivity index (χ2v) is 7.37. The van der Waals surface area contributed by atoms with Crippen molar-refractivity contribution in [1.82, 2.24) is 20.4 Å². The van der Waals surface area contributed by atoms with E-state index in [2.05, 4.69) is 50.0 Å². The van der Waals surface area contributed by atoms with Crippen molar-refractivity contribution >= 4 is 33.3 Å². The summed E-state index contributed by atoms with van der Waals surface area (Å²) in [4.78, 5) is 0. The molecule has 3 heterocycles. The Hall–Kier alpha value is -3.35. The van der Waals surface area contributed by atoms with Crippen molar-refractivity contribution in [2.45, 2.75) is 18.4 Å². The Balaban J connectivity index is 1.55. The second-order valence-electron chi connectivity index (χ2n) is 7.37. The summed E-state index contributed by atoms with van der Waals surface area (Å²) >= 11 is 0. The summed E-state index contributed by atoms with van der Waals surface area (Å²) in [5.41, 5.74) is 10.3. The number of hydrogen-bond donors (Lipinski definition) is 4. The Morgan fingerprint density at radius 3 is 2.96 bits per heavy atom. The molecule has 4 aromatic rings. The SMILES string of the molecule is Nc1n[nH]c2ccc([C@@H]3Nc4c(F)cc5[nH]ncc5c4C4C=CCC43)cc12. The Labute approximate surface area is 153 Å². The van der Waals surface area contributed by atoms with Crippen molar-refractivity contribution < 1.29 is 4.39 Å². The number of rotatable bonds is 1. The number of nitrogens with two attached hydrogens (primary N) is 1. The number of halogens is 1. The summed E-state index contributed by atoms with van der Waals surface area (Å²) in [6.45, 7) is 0. The van der Waals surface area contributed by atoms with E-state index in [9.17, 15) is 4.39 Å². The van der Waals surface area contributed by atoms with Crippen LogP contribution in [0, 0.1) is 11.7 Å². The lowest BCUT2D eigenvalue weighted by Gasteiger charge is -2.38. The van der Waals surface area contributed by atoms with Crippen LogP contribution in [0.4, 0.5) is 15.9 Å². The Morgan fingerprint density at radius 1 is 1.11 bits per heavy atom. The number of anilines is 2.